The lowest BCUT2D eigenvalue weighted by Gasteiger charge is -2.21. The lowest BCUT2D eigenvalue weighted by molar-refractivity contribution is 0.0696. The zero-order valence-corrected chi connectivity index (χ0v) is 12.5. The first-order valence-corrected chi connectivity index (χ1v) is 7.01. The highest BCUT2D eigenvalue weighted by Crippen LogP contribution is 2.05. The number of nitrogens with zero attached hydrogens (tertiary/aromatic N) is 1. The van der Waals surface area contributed by atoms with Crippen molar-refractivity contribution in [1.82, 2.24) is 10.2 Å². The normalized spacial score (nSPS) is 10.2. The SMILES string of the molecule is CCOCCN(CC)C(=O)NCc1cccc(C(=O)O)c1. The molecule has 0 bridgehead atoms. The van der Waals surface area contributed by atoms with Crippen LogP contribution < -0.4 is 5.32 Å². The summed E-state index contributed by atoms with van der Waals surface area (Å²) >= 11 is 0. The first-order chi connectivity index (χ1) is 10.1. The van der Waals surface area contributed by atoms with Crippen molar-refractivity contribution in [2.24, 2.45) is 0 Å². The molecule has 6 nitrogen and oxygen atoms in total. The number of carbonyl (C=O) groups is 2. The molecule has 0 aliphatic heterocycles. The van der Waals surface area contributed by atoms with Crippen molar-refractivity contribution < 1.29 is 19.4 Å². The van der Waals surface area contributed by atoms with E-state index < -0.39 is 5.97 Å². The monoisotopic (exact) mass is 294 g/mol. The minimum absolute atomic E-state index is 0.182. The molecule has 0 aromatic heterocycles. The Hall–Kier alpha value is -2.08. The maximum atomic E-state index is 12.0. The maximum absolute atomic E-state index is 12.0. The lowest BCUT2D eigenvalue weighted by Crippen LogP contribution is -2.41. The lowest BCUT2D eigenvalue weighted by atomic mass is 10.1. The number of carboxylic acid groups (broad SMARTS) is 1. The van der Waals surface area contributed by atoms with Crippen molar-refractivity contribution in [1.29, 1.82) is 0 Å². The summed E-state index contributed by atoms with van der Waals surface area (Å²) in [4.78, 5) is 24.5. The molecule has 2 amide bonds. The van der Waals surface area contributed by atoms with Crippen LogP contribution in [0.3, 0.4) is 0 Å². The zero-order valence-electron chi connectivity index (χ0n) is 12.5. The van der Waals surface area contributed by atoms with Crippen LogP contribution in [0.1, 0.15) is 29.8 Å². The number of benzene rings is 1. The Balaban J connectivity index is 2.50. The standard InChI is InChI=1S/C15H22N2O4/c1-3-17(8-9-21-4-2)15(20)16-11-12-6-5-7-13(10-12)14(18)19/h5-7,10H,3-4,8-9,11H2,1-2H3,(H,16,20)(H,18,19). The molecule has 0 spiro atoms. The predicted molar refractivity (Wildman–Crippen MR) is 79.4 cm³/mol. The largest absolute Gasteiger partial charge is 0.478 e. The van der Waals surface area contributed by atoms with Gasteiger partial charge in [0.2, 0.25) is 0 Å². The number of urea groups is 1. The molecule has 0 aliphatic carbocycles. The van der Waals surface area contributed by atoms with E-state index in [0.29, 0.717) is 32.8 Å². The predicted octanol–water partition coefficient (Wildman–Crippen LogP) is 1.95. The summed E-state index contributed by atoms with van der Waals surface area (Å²) in [5.41, 5.74) is 0.967. The van der Waals surface area contributed by atoms with E-state index >= 15 is 0 Å². The number of ether oxygens (including phenoxy) is 1. The summed E-state index contributed by atoms with van der Waals surface area (Å²) in [6.07, 6.45) is 0. The molecule has 0 heterocycles. The van der Waals surface area contributed by atoms with Crippen LogP contribution in [0.15, 0.2) is 24.3 Å². The number of hydrogen-bond donors (Lipinski definition) is 2. The minimum atomic E-state index is -0.977. The van der Waals surface area contributed by atoms with Crippen molar-refractivity contribution in [3.8, 4) is 0 Å². The highest BCUT2D eigenvalue weighted by molar-refractivity contribution is 5.87. The Bertz CT molecular complexity index is 476. The Morgan fingerprint density at radius 2 is 2.10 bits per heavy atom. The summed E-state index contributed by atoms with van der Waals surface area (Å²) < 4.78 is 5.23. The highest BCUT2D eigenvalue weighted by atomic mass is 16.5. The average Bonchev–Trinajstić information content (AvgIpc) is 2.49. The Morgan fingerprint density at radius 3 is 2.71 bits per heavy atom. The van der Waals surface area contributed by atoms with Crippen molar-refractivity contribution in [2.45, 2.75) is 20.4 Å². The number of carbonyl (C=O) groups excluding carboxylic acids is 1. The van der Waals surface area contributed by atoms with Crippen LogP contribution in [0.2, 0.25) is 0 Å². The van der Waals surface area contributed by atoms with E-state index in [1.54, 1.807) is 23.1 Å². The quantitative estimate of drug-likeness (QED) is 0.718. The van der Waals surface area contributed by atoms with E-state index in [-0.39, 0.29) is 11.6 Å². The van der Waals surface area contributed by atoms with Gasteiger partial charge in [-0.2, -0.15) is 0 Å². The molecule has 2 N–H and O–H groups in total. The molecule has 0 unspecified atom stereocenters. The van der Waals surface area contributed by atoms with Gasteiger partial charge in [-0.1, -0.05) is 12.1 Å². The molecular formula is C15H22N2O4. The fourth-order valence-corrected chi connectivity index (χ4v) is 1.83. The number of aromatic carboxylic acids is 1. The second-order valence-electron chi connectivity index (χ2n) is 4.44. The Kier molecular flexibility index (Phi) is 7.25. The van der Waals surface area contributed by atoms with Gasteiger partial charge in [-0.25, -0.2) is 9.59 Å². The van der Waals surface area contributed by atoms with Crippen molar-refractivity contribution >= 4 is 12.0 Å². The fourth-order valence-electron chi connectivity index (χ4n) is 1.83. The summed E-state index contributed by atoms with van der Waals surface area (Å²) in [6, 6.07) is 6.34. The molecule has 0 saturated heterocycles. The zero-order chi connectivity index (χ0) is 15.7. The summed E-state index contributed by atoms with van der Waals surface area (Å²) in [5, 5.41) is 11.7. The van der Waals surface area contributed by atoms with Gasteiger partial charge < -0.3 is 20.1 Å². The van der Waals surface area contributed by atoms with Gasteiger partial charge in [0.1, 0.15) is 0 Å². The van der Waals surface area contributed by atoms with Gasteiger partial charge >= 0.3 is 12.0 Å². The molecule has 0 fully saturated rings. The van der Waals surface area contributed by atoms with E-state index in [4.69, 9.17) is 9.84 Å². The number of likely N-dealkylation sites (N-methyl/N-ethyl adjacent to an activating group) is 1. The average molecular weight is 294 g/mol. The second kappa shape index (κ2) is 8.97. The molecule has 116 valence electrons. The van der Waals surface area contributed by atoms with Crippen LogP contribution in [0, 0.1) is 0 Å². The van der Waals surface area contributed by atoms with Crippen LogP contribution in [0.4, 0.5) is 4.79 Å². The van der Waals surface area contributed by atoms with Gasteiger partial charge in [0.05, 0.1) is 12.2 Å². The van der Waals surface area contributed by atoms with E-state index in [1.807, 2.05) is 13.8 Å². The highest BCUT2D eigenvalue weighted by Gasteiger charge is 2.11. The summed E-state index contributed by atoms with van der Waals surface area (Å²) in [6.45, 7) is 6.36. The molecule has 0 radical (unpaired) electrons. The van der Waals surface area contributed by atoms with Crippen LogP contribution in [-0.2, 0) is 11.3 Å². The van der Waals surface area contributed by atoms with Gasteiger partial charge in [-0.05, 0) is 31.5 Å². The number of amides is 2. The van der Waals surface area contributed by atoms with Gasteiger partial charge in [0.25, 0.3) is 0 Å². The van der Waals surface area contributed by atoms with Crippen molar-refractivity contribution in [3.05, 3.63) is 35.4 Å². The van der Waals surface area contributed by atoms with E-state index in [0.717, 1.165) is 5.56 Å². The second-order valence-corrected chi connectivity index (χ2v) is 4.44. The number of nitrogens with one attached hydrogen (secondary N) is 1. The number of hydrogen-bond acceptors (Lipinski definition) is 3. The molecule has 1 rings (SSSR count). The molecule has 0 aliphatic rings. The summed E-state index contributed by atoms with van der Waals surface area (Å²) in [5.74, 6) is -0.977. The van der Waals surface area contributed by atoms with Crippen LogP contribution in [0.5, 0.6) is 0 Å². The van der Waals surface area contributed by atoms with Gasteiger partial charge in [-0.15, -0.1) is 0 Å². The molecule has 1 aromatic rings. The summed E-state index contributed by atoms with van der Waals surface area (Å²) in [7, 11) is 0. The van der Waals surface area contributed by atoms with Gasteiger partial charge in [0, 0.05) is 26.2 Å². The van der Waals surface area contributed by atoms with Crippen LogP contribution in [0.25, 0.3) is 0 Å². The molecule has 1 aromatic carbocycles. The number of carboxylic acids is 1. The van der Waals surface area contributed by atoms with Gasteiger partial charge in [-0.3, -0.25) is 0 Å². The first kappa shape index (κ1) is 17.0. The van der Waals surface area contributed by atoms with E-state index in [1.165, 1.54) is 6.07 Å². The molecule has 0 saturated carbocycles. The van der Waals surface area contributed by atoms with Crippen LogP contribution in [-0.4, -0.2) is 48.3 Å². The van der Waals surface area contributed by atoms with E-state index in [2.05, 4.69) is 5.32 Å². The molecule has 6 heteroatoms. The topological polar surface area (TPSA) is 78.9 Å². The third-order valence-electron chi connectivity index (χ3n) is 3.00. The maximum Gasteiger partial charge on any atom is 0.335 e. The fraction of sp³-hybridized carbons (Fsp3) is 0.467. The van der Waals surface area contributed by atoms with Gasteiger partial charge in [0.15, 0.2) is 0 Å². The first-order valence-electron chi connectivity index (χ1n) is 7.01. The van der Waals surface area contributed by atoms with Crippen molar-refractivity contribution in [3.63, 3.8) is 0 Å². The third-order valence-corrected chi connectivity index (χ3v) is 3.00. The smallest absolute Gasteiger partial charge is 0.335 e. The Morgan fingerprint density at radius 1 is 1.33 bits per heavy atom. The molecule has 21 heavy (non-hydrogen) atoms. The van der Waals surface area contributed by atoms with Crippen LogP contribution >= 0.6 is 0 Å². The minimum Gasteiger partial charge on any atom is -0.478 e. The van der Waals surface area contributed by atoms with E-state index in [9.17, 15) is 9.59 Å². The number of rotatable bonds is 8. The molecule has 0 atom stereocenters. The van der Waals surface area contributed by atoms with Crippen molar-refractivity contribution in [2.75, 3.05) is 26.3 Å². The third kappa shape index (κ3) is 5.83. The Labute approximate surface area is 124 Å². The molecular weight excluding hydrogens is 272 g/mol.